The second kappa shape index (κ2) is 9.92. The number of hydrogen-bond donors (Lipinski definition) is 1. The highest BCUT2D eigenvalue weighted by molar-refractivity contribution is 7.15. The molecular weight excluding hydrogens is 436 g/mol. The minimum absolute atomic E-state index is 0.178. The van der Waals surface area contributed by atoms with Gasteiger partial charge in [0, 0.05) is 21.8 Å². The number of nitrogens with one attached hydrogen (secondary N) is 1. The van der Waals surface area contributed by atoms with E-state index >= 15 is 0 Å². The van der Waals surface area contributed by atoms with Gasteiger partial charge in [-0.3, -0.25) is 4.79 Å². The van der Waals surface area contributed by atoms with Crippen LogP contribution in [-0.2, 0) is 17.6 Å². The second-order valence-electron chi connectivity index (χ2n) is 7.90. The maximum absolute atomic E-state index is 12.2. The van der Waals surface area contributed by atoms with Crippen LogP contribution in [-0.4, -0.2) is 30.4 Å². The van der Waals surface area contributed by atoms with Crippen molar-refractivity contribution in [3.05, 3.63) is 63.3 Å². The Labute approximate surface area is 197 Å². The molecule has 33 heavy (non-hydrogen) atoms. The van der Waals surface area contributed by atoms with Gasteiger partial charge in [0.25, 0.3) is 5.91 Å². The lowest BCUT2D eigenvalue weighted by Crippen LogP contribution is -2.24. The van der Waals surface area contributed by atoms with Crippen LogP contribution in [0.1, 0.15) is 45.8 Å². The molecule has 0 radical (unpaired) electrons. The molecule has 170 valence electrons. The predicted molar refractivity (Wildman–Crippen MR) is 129 cm³/mol. The molecule has 0 saturated heterocycles. The molecule has 1 N–H and O–H groups in total. The Morgan fingerprint density at radius 2 is 2.03 bits per heavy atom. The quantitative estimate of drug-likeness (QED) is 0.415. The molecule has 8 heteroatoms. The van der Waals surface area contributed by atoms with Crippen molar-refractivity contribution >= 4 is 23.5 Å². The molecule has 3 aromatic rings. The number of nitrogens with zero attached hydrogens (tertiary/aromatic N) is 3. The Kier molecular flexibility index (Phi) is 6.80. The number of carbonyl (C=O) groups excluding carboxylic acids is 1. The number of benzene rings is 1. The van der Waals surface area contributed by atoms with Gasteiger partial charge < -0.3 is 14.0 Å². The first-order valence-electron chi connectivity index (χ1n) is 10.8. The van der Waals surface area contributed by atoms with Crippen LogP contribution in [0.4, 0.5) is 0 Å². The summed E-state index contributed by atoms with van der Waals surface area (Å²) in [6.45, 7) is 3.84. The van der Waals surface area contributed by atoms with Crippen molar-refractivity contribution in [1.29, 1.82) is 5.26 Å². The number of carbonyl (C=O) groups is 1. The molecule has 0 bridgehead atoms. The molecular formula is C25H26N4O3S. The lowest BCUT2D eigenvalue weighted by Gasteiger charge is -2.10. The number of thiophene rings is 1. The maximum atomic E-state index is 12.2. The number of hydrogen-bond acceptors (Lipinski definition) is 6. The van der Waals surface area contributed by atoms with E-state index in [1.54, 1.807) is 36.8 Å². The molecule has 0 aliphatic heterocycles. The third-order valence-electron chi connectivity index (χ3n) is 5.76. The number of aromatic nitrogens is 1. The monoisotopic (exact) mass is 462 g/mol. The fourth-order valence-corrected chi connectivity index (χ4v) is 5.59. The van der Waals surface area contributed by atoms with E-state index in [1.807, 2.05) is 32.0 Å². The number of para-hydroxylation sites is 2. The predicted octanol–water partition coefficient (Wildman–Crippen LogP) is 4.44. The van der Waals surface area contributed by atoms with Crippen molar-refractivity contribution in [2.45, 2.75) is 39.5 Å². The van der Waals surface area contributed by atoms with Gasteiger partial charge in [-0.25, -0.2) is 5.43 Å². The average molecular weight is 463 g/mol. The third kappa shape index (κ3) is 4.64. The molecule has 1 amide bonds. The van der Waals surface area contributed by atoms with Crippen molar-refractivity contribution in [3.63, 3.8) is 0 Å². The Morgan fingerprint density at radius 1 is 1.27 bits per heavy atom. The highest BCUT2D eigenvalue weighted by Gasteiger charge is 2.23. The summed E-state index contributed by atoms with van der Waals surface area (Å²) < 4.78 is 12.9. The number of rotatable bonds is 7. The number of methoxy groups -OCH3 is 1. The first-order valence-corrected chi connectivity index (χ1v) is 11.7. The third-order valence-corrected chi connectivity index (χ3v) is 7.04. The highest BCUT2D eigenvalue weighted by Crippen LogP contribution is 2.38. The van der Waals surface area contributed by atoms with E-state index < -0.39 is 0 Å². The number of hydrazone groups is 1. The minimum atomic E-state index is -0.372. The summed E-state index contributed by atoms with van der Waals surface area (Å²) in [7, 11) is 1.55. The lowest BCUT2D eigenvalue weighted by atomic mass is 9.96. The van der Waals surface area contributed by atoms with E-state index in [4.69, 9.17) is 9.47 Å². The van der Waals surface area contributed by atoms with Crippen molar-refractivity contribution in [3.8, 4) is 22.6 Å². The maximum Gasteiger partial charge on any atom is 0.277 e. The average Bonchev–Trinajstić information content (AvgIpc) is 3.33. The Bertz CT molecular complexity index is 1250. The van der Waals surface area contributed by atoms with Crippen LogP contribution >= 0.6 is 11.3 Å². The van der Waals surface area contributed by atoms with Gasteiger partial charge in [-0.05, 0) is 63.3 Å². The summed E-state index contributed by atoms with van der Waals surface area (Å²) in [5.41, 5.74) is 7.40. The van der Waals surface area contributed by atoms with Crippen LogP contribution in [0.15, 0.2) is 35.4 Å². The van der Waals surface area contributed by atoms with Gasteiger partial charge in [0.05, 0.1) is 18.9 Å². The number of fused-ring (bicyclic) bond motifs is 1. The molecule has 0 unspecified atom stereocenters. The zero-order chi connectivity index (χ0) is 23.4. The summed E-state index contributed by atoms with van der Waals surface area (Å²) in [4.78, 5) is 13.5. The molecule has 1 aliphatic rings. The zero-order valence-corrected chi connectivity index (χ0v) is 19.8. The van der Waals surface area contributed by atoms with Crippen molar-refractivity contribution in [1.82, 2.24) is 9.99 Å². The summed E-state index contributed by atoms with van der Waals surface area (Å²) in [5, 5.41) is 14.9. The first kappa shape index (κ1) is 22.6. The van der Waals surface area contributed by atoms with E-state index in [0.717, 1.165) is 46.8 Å². The Hall–Kier alpha value is -3.57. The molecule has 0 saturated carbocycles. The van der Waals surface area contributed by atoms with Crippen LogP contribution in [0.2, 0.25) is 0 Å². The second-order valence-corrected chi connectivity index (χ2v) is 8.98. The van der Waals surface area contributed by atoms with Crippen LogP contribution < -0.4 is 14.9 Å². The molecule has 2 heterocycles. The van der Waals surface area contributed by atoms with Gasteiger partial charge in [0.1, 0.15) is 11.1 Å². The van der Waals surface area contributed by atoms with E-state index in [2.05, 4.69) is 21.2 Å². The van der Waals surface area contributed by atoms with Gasteiger partial charge in [-0.2, -0.15) is 10.4 Å². The van der Waals surface area contributed by atoms with Crippen LogP contribution in [0.3, 0.4) is 0 Å². The van der Waals surface area contributed by atoms with Crippen molar-refractivity contribution in [2.75, 3.05) is 13.7 Å². The topological polar surface area (TPSA) is 88.6 Å². The van der Waals surface area contributed by atoms with Crippen LogP contribution in [0, 0.1) is 25.2 Å². The molecule has 1 aromatic carbocycles. The minimum Gasteiger partial charge on any atom is -0.493 e. The SMILES string of the molecule is COc1ccccc1OCC(=O)N/N=C\c1cc(C)n(-c2sc3c(c2C#N)CCCC3)c1C. The van der Waals surface area contributed by atoms with E-state index in [-0.39, 0.29) is 12.5 Å². The molecule has 4 rings (SSSR count). The zero-order valence-electron chi connectivity index (χ0n) is 19.0. The van der Waals surface area contributed by atoms with Gasteiger partial charge in [0.2, 0.25) is 0 Å². The summed E-state index contributed by atoms with van der Waals surface area (Å²) in [5.74, 6) is 0.687. The summed E-state index contributed by atoms with van der Waals surface area (Å²) in [6.07, 6.45) is 5.97. The molecule has 7 nitrogen and oxygen atoms in total. The molecule has 2 aromatic heterocycles. The Balaban J connectivity index is 1.46. The molecule has 0 atom stereocenters. The van der Waals surface area contributed by atoms with Gasteiger partial charge in [-0.1, -0.05) is 12.1 Å². The lowest BCUT2D eigenvalue weighted by molar-refractivity contribution is -0.123. The number of aryl methyl sites for hydroxylation is 2. The Morgan fingerprint density at radius 3 is 2.79 bits per heavy atom. The standard InChI is InChI=1S/C25H26N4O3S/c1-16-12-18(14-27-28-24(30)15-32-22-10-6-5-9-21(22)31-3)17(2)29(16)25-20(13-26)19-8-4-7-11-23(19)33-25/h5-6,9-10,12,14H,4,7-8,11,15H2,1-3H3,(H,28,30)/b27-14-. The van der Waals surface area contributed by atoms with Crippen LogP contribution in [0.5, 0.6) is 11.5 Å². The normalized spacial score (nSPS) is 12.9. The van der Waals surface area contributed by atoms with E-state index in [1.165, 1.54) is 16.9 Å². The van der Waals surface area contributed by atoms with Gasteiger partial charge >= 0.3 is 0 Å². The fraction of sp³-hybridized carbons (Fsp3) is 0.320. The summed E-state index contributed by atoms with van der Waals surface area (Å²) >= 11 is 1.72. The van der Waals surface area contributed by atoms with Crippen molar-refractivity contribution < 1.29 is 14.3 Å². The van der Waals surface area contributed by atoms with E-state index in [0.29, 0.717) is 11.5 Å². The highest BCUT2D eigenvalue weighted by atomic mass is 32.1. The van der Waals surface area contributed by atoms with Gasteiger partial charge in [0.15, 0.2) is 18.1 Å². The number of nitriles is 1. The van der Waals surface area contributed by atoms with Crippen molar-refractivity contribution in [2.24, 2.45) is 5.10 Å². The van der Waals surface area contributed by atoms with Crippen LogP contribution in [0.25, 0.3) is 5.00 Å². The smallest absolute Gasteiger partial charge is 0.277 e. The molecule has 0 fully saturated rings. The fourth-order valence-electron chi connectivity index (χ4n) is 4.14. The van der Waals surface area contributed by atoms with Gasteiger partial charge in [-0.15, -0.1) is 11.3 Å². The number of amides is 1. The molecule has 0 spiro atoms. The summed E-state index contributed by atoms with van der Waals surface area (Å²) in [6, 6.07) is 11.6. The van der Waals surface area contributed by atoms with E-state index in [9.17, 15) is 10.1 Å². The first-order chi connectivity index (χ1) is 16.0. The molecule has 1 aliphatic carbocycles. The number of ether oxygens (including phenoxy) is 2. The largest absolute Gasteiger partial charge is 0.493 e.